The summed E-state index contributed by atoms with van der Waals surface area (Å²) in [6.45, 7) is 0. The van der Waals surface area contributed by atoms with Gasteiger partial charge in [0.15, 0.2) is 5.17 Å². The summed E-state index contributed by atoms with van der Waals surface area (Å²) < 4.78 is 5.33. The van der Waals surface area contributed by atoms with Gasteiger partial charge in [-0.15, -0.1) is 0 Å². The molecule has 2 unspecified atom stereocenters. The maximum Gasteiger partial charge on any atom is 0.269 e. The van der Waals surface area contributed by atoms with Crippen LogP contribution in [0.2, 0.25) is 0 Å². The maximum absolute atomic E-state index is 11.2. The molecule has 3 aromatic rings. The van der Waals surface area contributed by atoms with E-state index in [1.165, 1.54) is 17.7 Å². The Hall–Kier alpha value is -4.24. The Bertz CT molecular complexity index is 1500. The van der Waals surface area contributed by atoms with Crippen LogP contribution < -0.4 is 10.1 Å². The van der Waals surface area contributed by atoms with E-state index in [0.29, 0.717) is 0 Å². The molecule has 39 heavy (non-hydrogen) atoms. The number of nitrogens with one attached hydrogen (secondary N) is 1. The summed E-state index contributed by atoms with van der Waals surface area (Å²) in [4.78, 5) is 19.2. The van der Waals surface area contributed by atoms with Crippen LogP contribution in [0.4, 0.5) is 11.4 Å². The fourth-order valence-corrected chi connectivity index (χ4v) is 6.59. The Kier molecular flexibility index (Phi) is 6.74. The lowest BCUT2D eigenvalue weighted by atomic mass is 9.85. The predicted molar refractivity (Wildman–Crippen MR) is 155 cm³/mol. The maximum atomic E-state index is 11.2. The highest BCUT2D eigenvalue weighted by Gasteiger charge is 2.45. The number of benzene rings is 3. The first-order valence-corrected chi connectivity index (χ1v) is 13.7. The molecule has 3 aromatic carbocycles. The third-order valence-electron chi connectivity index (χ3n) is 7.33. The first kappa shape index (κ1) is 25.1. The highest BCUT2D eigenvalue weighted by molar-refractivity contribution is 8.17. The van der Waals surface area contributed by atoms with Gasteiger partial charge in [-0.3, -0.25) is 10.1 Å². The van der Waals surface area contributed by atoms with E-state index >= 15 is 0 Å². The molecule has 0 saturated carbocycles. The van der Waals surface area contributed by atoms with Crippen molar-refractivity contribution in [2.24, 2.45) is 4.99 Å². The van der Waals surface area contributed by atoms with E-state index in [4.69, 9.17) is 9.73 Å². The van der Waals surface area contributed by atoms with Crippen molar-refractivity contribution in [3.05, 3.63) is 110 Å². The Morgan fingerprint density at radius 3 is 2.54 bits per heavy atom. The number of methoxy groups -OCH3 is 1. The largest absolute Gasteiger partial charge is 0.508 e. The van der Waals surface area contributed by atoms with E-state index in [0.717, 1.165) is 64.0 Å². The number of nitrogens with zero attached hydrogens (tertiary/aromatic N) is 3. The molecule has 2 atom stereocenters. The van der Waals surface area contributed by atoms with E-state index in [-0.39, 0.29) is 23.6 Å². The number of anilines is 1. The number of aromatic hydroxyl groups is 1. The molecule has 6 rings (SSSR count). The Morgan fingerprint density at radius 1 is 1.08 bits per heavy atom. The molecule has 1 saturated heterocycles. The number of nitro groups is 1. The minimum absolute atomic E-state index is 0.0413. The van der Waals surface area contributed by atoms with Crippen LogP contribution in [0.5, 0.6) is 11.5 Å². The average Bonchev–Trinajstić information content (AvgIpc) is 3.28. The fraction of sp³-hybridized carbons (Fsp3) is 0.233. The van der Waals surface area contributed by atoms with Gasteiger partial charge in [-0.05, 0) is 73.2 Å². The molecule has 3 aliphatic rings. The van der Waals surface area contributed by atoms with E-state index in [9.17, 15) is 15.2 Å². The second kappa shape index (κ2) is 10.5. The van der Waals surface area contributed by atoms with Crippen LogP contribution in [0, 0.1) is 10.1 Å². The lowest BCUT2D eigenvalue weighted by molar-refractivity contribution is -0.384. The van der Waals surface area contributed by atoms with Gasteiger partial charge < -0.3 is 20.1 Å². The third kappa shape index (κ3) is 4.85. The molecule has 2 N–H and O–H groups in total. The molecule has 0 aromatic heterocycles. The average molecular weight is 541 g/mol. The SMILES string of the molecule is COc1ccc(/C=C2\SC3=NC4=C(CCCC4)C(c4ccccc4O)N3C2Nc2ccc([N+](=O)[O-])cc2)cc1. The fourth-order valence-electron chi connectivity index (χ4n) is 5.43. The second-order valence-electron chi connectivity index (χ2n) is 9.71. The number of phenolic OH excluding ortho intramolecular Hbond substituents is 1. The van der Waals surface area contributed by atoms with Crippen molar-refractivity contribution in [2.75, 3.05) is 12.4 Å². The summed E-state index contributed by atoms with van der Waals surface area (Å²) in [5, 5.41) is 26.7. The Labute approximate surface area is 230 Å². The van der Waals surface area contributed by atoms with E-state index in [1.54, 1.807) is 37.1 Å². The summed E-state index contributed by atoms with van der Waals surface area (Å²) in [6.07, 6.45) is 5.87. The second-order valence-corrected chi connectivity index (χ2v) is 10.8. The molecule has 0 radical (unpaired) electrons. The van der Waals surface area contributed by atoms with Crippen LogP contribution in [0.15, 0.2) is 94.0 Å². The number of hydrogen-bond donors (Lipinski definition) is 2. The summed E-state index contributed by atoms with van der Waals surface area (Å²) >= 11 is 1.61. The van der Waals surface area contributed by atoms with Gasteiger partial charge in [0.2, 0.25) is 0 Å². The number of rotatable bonds is 6. The molecule has 0 amide bonds. The molecular formula is C30H28N4O4S. The van der Waals surface area contributed by atoms with Crippen molar-refractivity contribution in [1.29, 1.82) is 0 Å². The zero-order valence-electron chi connectivity index (χ0n) is 21.4. The molecule has 8 nitrogen and oxygen atoms in total. The molecule has 0 bridgehead atoms. The highest BCUT2D eigenvalue weighted by atomic mass is 32.2. The quantitative estimate of drug-likeness (QED) is 0.255. The van der Waals surface area contributed by atoms with Crippen LogP contribution in [0.25, 0.3) is 6.08 Å². The van der Waals surface area contributed by atoms with Crippen molar-refractivity contribution in [2.45, 2.75) is 37.9 Å². The number of allylic oxidation sites excluding steroid dienone is 1. The van der Waals surface area contributed by atoms with Gasteiger partial charge in [0, 0.05) is 34.0 Å². The topological polar surface area (TPSA) is 100 Å². The van der Waals surface area contributed by atoms with Crippen LogP contribution in [0.3, 0.4) is 0 Å². The Morgan fingerprint density at radius 2 is 1.82 bits per heavy atom. The van der Waals surface area contributed by atoms with Crippen molar-refractivity contribution in [3.63, 3.8) is 0 Å². The standard InChI is InChI=1S/C30H28N4O4S/c1-38-22-16-10-19(11-17-22)18-27-29(31-20-12-14-21(15-13-20)34(36)37)33-28(24-7-3-5-9-26(24)35)23-6-2-4-8-25(23)32-30(33)39-27/h3,5,7,9-18,28-29,31,35H,2,4,6,8H2,1H3/b27-18-. The van der Waals surface area contributed by atoms with E-state index < -0.39 is 4.92 Å². The number of amidine groups is 1. The Balaban J connectivity index is 1.46. The molecule has 0 spiro atoms. The summed E-state index contributed by atoms with van der Waals surface area (Å²) in [7, 11) is 1.65. The lowest BCUT2D eigenvalue weighted by Gasteiger charge is -2.41. The number of aliphatic imine (C=N–C) groups is 1. The van der Waals surface area contributed by atoms with Gasteiger partial charge in [-0.2, -0.15) is 0 Å². The number of non-ortho nitro benzene ring substituents is 1. The van der Waals surface area contributed by atoms with E-state index in [2.05, 4.69) is 16.3 Å². The lowest BCUT2D eigenvalue weighted by Crippen LogP contribution is -2.44. The van der Waals surface area contributed by atoms with Gasteiger partial charge in [-0.25, -0.2) is 4.99 Å². The van der Waals surface area contributed by atoms with Crippen molar-refractivity contribution in [3.8, 4) is 11.5 Å². The number of ether oxygens (including phenoxy) is 1. The summed E-state index contributed by atoms with van der Waals surface area (Å²) in [5.41, 5.74) is 5.03. The summed E-state index contributed by atoms with van der Waals surface area (Å²) in [6, 6.07) is 21.7. The number of thioether (sulfide) groups is 1. The van der Waals surface area contributed by atoms with E-state index in [1.807, 2.05) is 42.5 Å². The number of nitro benzene ring substituents is 1. The molecule has 2 heterocycles. The number of phenols is 1. The summed E-state index contributed by atoms with van der Waals surface area (Å²) in [5.74, 6) is 1.04. The van der Waals surface area contributed by atoms with Gasteiger partial charge in [-0.1, -0.05) is 42.1 Å². The first-order chi connectivity index (χ1) is 19.0. The third-order valence-corrected chi connectivity index (χ3v) is 8.40. The number of hydrogen-bond acceptors (Lipinski definition) is 8. The smallest absolute Gasteiger partial charge is 0.269 e. The number of para-hydroxylation sites is 1. The highest BCUT2D eigenvalue weighted by Crippen LogP contribution is 2.51. The monoisotopic (exact) mass is 540 g/mol. The first-order valence-electron chi connectivity index (χ1n) is 12.9. The number of fused-ring (bicyclic) bond motifs is 1. The normalized spacial score (nSPS) is 21.3. The van der Waals surface area contributed by atoms with Crippen molar-refractivity contribution < 1.29 is 14.8 Å². The van der Waals surface area contributed by atoms with Gasteiger partial charge in [0.1, 0.15) is 17.7 Å². The van der Waals surface area contributed by atoms with Gasteiger partial charge in [0.05, 0.1) is 18.1 Å². The minimum Gasteiger partial charge on any atom is -0.508 e. The van der Waals surface area contributed by atoms with Crippen LogP contribution in [0.1, 0.15) is 42.9 Å². The van der Waals surface area contributed by atoms with Crippen LogP contribution in [-0.2, 0) is 0 Å². The van der Waals surface area contributed by atoms with Gasteiger partial charge in [0.25, 0.3) is 5.69 Å². The molecule has 2 aliphatic heterocycles. The van der Waals surface area contributed by atoms with Crippen LogP contribution in [-0.4, -0.2) is 33.4 Å². The van der Waals surface area contributed by atoms with Crippen molar-refractivity contribution in [1.82, 2.24) is 4.90 Å². The predicted octanol–water partition coefficient (Wildman–Crippen LogP) is 7.08. The van der Waals surface area contributed by atoms with Crippen LogP contribution >= 0.6 is 11.8 Å². The zero-order chi connectivity index (χ0) is 26.9. The molecule has 9 heteroatoms. The molecular weight excluding hydrogens is 512 g/mol. The minimum atomic E-state index is -0.398. The zero-order valence-corrected chi connectivity index (χ0v) is 22.2. The molecule has 1 aliphatic carbocycles. The van der Waals surface area contributed by atoms with Gasteiger partial charge >= 0.3 is 0 Å². The molecule has 198 valence electrons. The molecule has 1 fully saturated rings. The van der Waals surface area contributed by atoms with Crippen molar-refractivity contribution >= 4 is 34.4 Å².